The Morgan fingerprint density at radius 2 is 2.00 bits per heavy atom. The van der Waals surface area contributed by atoms with E-state index in [1.165, 1.54) is 7.05 Å². The van der Waals surface area contributed by atoms with Crippen molar-refractivity contribution in [1.29, 1.82) is 0 Å². The van der Waals surface area contributed by atoms with Gasteiger partial charge in [0.1, 0.15) is 6.42 Å². The molecule has 78 valence electrons. The zero-order valence-electron chi connectivity index (χ0n) is 7.36. The van der Waals surface area contributed by atoms with E-state index in [9.17, 15) is 18.0 Å². The lowest BCUT2D eigenvalue weighted by molar-refractivity contribution is -0.160. The van der Waals surface area contributed by atoms with Crippen LogP contribution < -0.4 is 0 Å². The van der Waals surface area contributed by atoms with Gasteiger partial charge in [0.15, 0.2) is 0 Å². The van der Waals surface area contributed by atoms with Crippen molar-refractivity contribution in [2.45, 2.75) is 24.9 Å². The molecule has 0 saturated carbocycles. The summed E-state index contributed by atoms with van der Waals surface area (Å²) in [4.78, 5) is 11.8. The molecular formula is C7H11ClF3NO. The molecule has 0 aromatic heterocycles. The summed E-state index contributed by atoms with van der Waals surface area (Å²) in [5.41, 5.74) is 0. The van der Waals surface area contributed by atoms with Crippen LogP contribution >= 0.6 is 11.6 Å². The first-order chi connectivity index (χ1) is 5.72. The average Bonchev–Trinajstić information content (AvgIpc) is 1.81. The standard InChI is InChI=1S/C7H11ClF3NO/c1-5(8)4-12(2)6(13)3-7(9,10)11/h5H,3-4H2,1-2H3. The third-order valence-electron chi connectivity index (χ3n) is 1.30. The largest absolute Gasteiger partial charge is 0.397 e. The van der Waals surface area contributed by atoms with Crippen LogP contribution in [0.3, 0.4) is 0 Å². The van der Waals surface area contributed by atoms with Gasteiger partial charge in [-0.05, 0) is 6.92 Å². The molecule has 0 aromatic rings. The van der Waals surface area contributed by atoms with Crippen LogP contribution in [0.25, 0.3) is 0 Å². The minimum atomic E-state index is -4.44. The first-order valence-corrected chi connectivity index (χ1v) is 4.11. The lowest BCUT2D eigenvalue weighted by Crippen LogP contribution is -2.34. The van der Waals surface area contributed by atoms with Crippen molar-refractivity contribution in [3.8, 4) is 0 Å². The van der Waals surface area contributed by atoms with Crippen LogP contribution in [-0.4, -0.2) is 36.0 Å². The molecule has 0 aliphatic carbocycles. The molecule has 0 aliphatic rings. The normalized spacial score (nSPS) is 14.0. The summed E-state index contributed by atoms with van der Waals surface area (Å²) >= 11 is 5.51. The highest BCUT2D eigenvalue weighted by Gasteiger charge is 2.32. The van der Waals surface area contributed by atoms with Gasteiger partial charge in [-0.15, -0.1) is 11.6 Å². The summed E-state index contributed by atoms with van der Waals surface area (Å²) in [5, 5.41) is -0.345. The van der Waals surface area contributed by atoms with Crippen LogP contribution in [-0.2, 0) is 4.79 Å². The monoisotopic (exact) mass is 217 g/mol. The van der Waals surface area contributed by atoms with Gasteiger partial charge in [-0.3, -0.25) is 4.79 Å². The number of carbonyl (C=O) groups is 1. The summed E-state index contributed by atoms with van der Waals surface area (Å²) in [6.45, 7) is 1.73. The van der Waals surface area contributed by atoms with Crippen molar-refractivity contribution in [1.82, 2.24) is 4.90 Å². The van der Waals surface area contributed by atoms with Crippen molar-refractivity contribution in [2.75, 3.05) is 13.6 Å². The van der Waals surface area contributed by atoms with Gasteiger partial charge >= 0.3 is 6.18 Å². The zero-order valence-corrected chi connectivity index (χ0v) is 8.11. The molecule has 1 unspecified atom stereocenters. The molecule has 2 nitrogen and oxygen atoms in total. The van der Waals surface area contributed by atoms with E-state index in [1.807, 2.05) is 0 Å². The maximum atomic E-state index is 11.7. The molecule has 6 heteroatoms. The zero-order chi connectivity index (χ0) is 10.6. The third-order valence-corrected chi connectivity index (χ3v) is 1.44. The number of halogens is 4. The van der Waals surface area contributed by atoms with E-state index < -0.39 is 18.5 Å². The van der Waals surface area contributed by atoms with Gasteiger partial charge in [0, 0.05) is 19.0 Å². The molecular weight excluding hydrogens is 207 g/mol. The third kappa shape index (κ3) is 6.69. The summed E-state index contributed by atoms with van der Waals surface area (Å²) < 4.78 is 35.2. The maximum absolute atomic E-state index is 11.7. The van der Waals surface area contributed by atoms with Gasteiger partial charge in [0.25, 0.3) is 0 Å². The number of hydrogen-bond donors (Lipinski definition) is 0. The molecule has 0 fully saturated rings. The topological polar surface area (TPSA) is 20.3 Å². The van der Waals surface area contributed by atoms with Crippen molar-refractivity contribution in [2.24, 2.45) is 0 Å². The summed E-state index contributed by atoms with van der Waals surface area (Å²) in [7, 11) is 1.30. The lowest BCUT2D eigenvalue weighted by atomic mass is 10.3. The predicted molar refractivity (Wildman–Crippen MR) is 43.6 cm³/mol. The van der Waals surface area contributed by atoms with E-state index in [0.29, 0.717) is 0 Å². The molecule has 0 radical (unpaired) electrons. The quantitative estimate of drug-likeness (QED) is 0.663. The van der Waals surface area contributed by atoms with Gasteiger partial charge < -0.3 is 4.90 Å². The van der Waals surface area contributed by atoms with Gasteiger partial charge in [0.2, 0.25) is 5.91 Å². The lowest BCUT2D eigenvalue weighted by Gasteiger charge is -2.19. The highest BCUT2D eigenvalue weighted by Crippen LogP contribution is 2.20. The van der Waals surface area contributed by atoms with E-state index in [0.717, 1.165) is 4.90 Å². The molecule has 13 heavy (non-hydrogen) atoms. The minimum Gasteiger partial charge on any atom is -0.344 e. The Balaban J connectivity index is 3.97. The van der Waals surface area contributed by atoms with E-state index in [1.54, 1.807) is 6.92 Å². The molecule has 1 atom stereocenters. The SMILES string of the molecule is CC(Cl)CN(C)C(=O)CC(F)(F)F. The molecule has 0 N–H and O–H groups in total. The first-order valence-electron chi connectivity index (χ1n) is 3.67. The fourth-order valence-electron chi connectivity index (χ4n) is 0.786. The van der Waals surface area contributed by atoms with Crippen LogP contribution in [0.2, 0.25) is 0 Å². The molecule has 0 bridgehead atoms. The average molecular weight is 218 g/mol. The Bertz CT molecular complexity index is 181. The van der Waals surface area contributed by atoms with Crippen molar-refractivity contribution in [3.63, 3.8) is 0 Å². The smallest absolute Gasteiger partial charge is 0.344 e. The summed E-state index contributed by atoms with van der Waals surface area (Å²) in [6.07, 6.45) is -5.87. The Morgan fingerprint density at radius 1 is 1.54 bits per heavy atom. The van der Waals surface area contributed by atoms with Crippen molar-refractivity contribution in [3.05, 3.63) is 0 Å². The van der Waals surface area contributed by atoms with E-state index in [4.69, 9.17) is 11.6 Å². The second-order valence-electron chi connectivity index (χ2n) is 2.85. The van der Waals surface area contributed by atoms with Crippen LogP contribution in [0.1, 0.15) is 13.3 Å². The molecule has 0 saturated heterocycles. The van der Waals surface area contributed by atoms with Gasteiger partial charge in [-0.1, -0.05) is 0 Å². The van der Waals surface area contributed by atoms with Crippen molar-refractivity contribution < 1.29 is 18.0 Å². The van der Waals surface area contributed by atoms with E-state index >= 15 is 0 Å². The number of alkyl halides is 4. The van der Waals surface area contributed by atoms with Crippen LogP contribution in [0.15, 0.2) is 0 Å². The van der Waals surface area contributed by atoms with Gasteiger partial charge in [-0.25, -0.2) is 0 Å². The Kier molecular flexibility index (Phi) is 4.53. The molecule has 0 aliphatic heterocycles. The fourth-order valence-corrected chi connectivity index (χ4v) is 0.993. The highest BCUT2D eigenvalue weighted by atomic mass is 35.5. The Hall–Kier alpha value is -0.450. The van der Waals surface area contributed by atoms with Crippen LogP contribution in [0, 0.1) is 0 Å². The second kappa shape index (κ2) is 4.69. The summed E-state index contributed by atoms with van der Waals surface area (Å²) in [6, 6.07) is 0. The number of carbonyl (C=O) groups excluding carboxylic acids is 1. The van der Waals surface area contributed by atoms with Crippen LogP contribution in [0.5, 0.6) is 0 Å². The molecule has 1 amide bonds. The molecule has 0 aromatic carbocycles. The molecule has 0 rings (SSSR count). The molecule has 0 spiro atoms. The van der Waals surface area contributed by atoms with Crippen molar-refractivity contribution >= 4 is 17.5 Å². The molecule has 0 heterocycles. The maximum Gasteiger partial charge on any atom is 0.397 e. The number of amides is 1. The Morgan fingerprint density at radius 3 is 2.31 bits per heavy atom. The van der Waals surface area contributed by atoms with Gasteiger partial charge in [0.05, 0.1) is 0 Å². The fraction of sp³-hybridized carbons (Fsp3) is 0.857. The van der Waals surface area contributed by atoms with E-state index in [2.05, 4.69) is 0 Å². The van der Waals surface area contributed by atoms with E-state index in [-0.39, 0.29) is 11.9 Å². The Labute approximate surface area is 79.7 Å². The van der Waals surface area contributed by atoms with Gasteiger partial charge in [-0.2, -0.15) is 13.2 Å². The predicted octanol–water partition coefficient (Wildman–Crippen LogP) is 2.02. The second-order valence-corrected chi connectivity index (χ2v) is 3.59. The number of hydrogen-bond acceptors (Lipinski definition) is 1. The highest BCUT2D eigenvalue weighted by molar-refractivity contribution is 6.20. The summed E-state index contributed by atoms with van der Waals surface area (Å²) in [5.74, 6) is -0.958. The minimum absolute atomic E-state index is 0.121. The number of rotatable bonds is 3. The van der Waals surface area contributed by atoms with Crippen LogP contribution in [0.4, 0.5) is 13.2 Å². The number of nitrogens with zero attached hydrogens (tertiary/aromatic N) is 1. The first kappa shape index (κ1) is 12.6.